The quantitative estimate of drug-likeness (QED) is 0.437. The molecule has 7 nitrogen and oxygen atoms in total. The fourth-order valence-electron chi connectivity index (χ4n) is 3.66. The lowest BCUT2D eigenvalue weighted by molar-refractivity contribution is 0.0590. The van der Waals surface area contributed by atoms with Crippen molar-refractivity contribution in [2.24, 2.45) is 0 Å². The second kappa shape index (κ2) is 10.7. The Morgan fingerprint density at radius 2 is 1.70 bits per heavy atom. The summed E-state index contributed by atoms with van der Waals surface area (Å²) in [7, 11) is 1.34. The standard InChI is InChI=1S/C25H25BrN2O5/c1-31-25(30)18-6-8-20(9-7-18)32-17-21-10-11-23(33-21)24(29)28-14-12-27(13-15-28)16-19-4-2-3-5-22(19)26/h2-11H,12-17H2,1H3. The first-order chi connectivity index (χ1) is 16.0. The largest absolute Gasteiger partial charge is 0.486 e. The van der Waals surface area contributed by atoms with E-state index in [-0.39, 0.29) is 12.5 Å². The molecule has 172 valence electrons. The summed E-state index contributed by atoms with van der Waals surface area (Å²) in [6, 6.07) is 18.3. The van der Waals surface area contributed by atoms with Crippen molar-refractivity contribution in [3.05, 3.63) is 87.8 Å². The summed E-state index contributed by atoms with van der Waals surface area (Å²) in [5.74, 6) is 0.957. The highest BCUT2D eigenvalue weighted by Crippen LogP contribution is 2.20. The van der Waals surface area contributed by atoms with E-state index in [9.17, 15) is 9.59 Å². The van der Waals surface area contributed by atoms with Crippen LogP contribution in [0.4, 0.5) is 0 Å². The second-order valence-electron chi connectivity index (χ2n) is 7.73. The smallest absolute Gasteiger partial charge is 0.337 e. The van der Waals surface area contributed by atoms with Crippen LogP contribution in [0.3, 0.4) is 0 Å². The van der Waals surface area contributed by atoms with Gasteiger partial charge in [0.05, 0.1) is 12.7 Å². The molecule has 1 saturated heterocycles. The zero-order valence-electron chi connectivity index (χ0n) is 18.3. The number of methoxy groups -OCH3 is 1. The van der Waals surface area contributed by atoms with E-state index >= 15 is 0 Å². The lowest BCUT2D eigenvalue weighted by atomic mass is 10.2. The van der Waals surface area contributed by atoms with Gasteiger partial charge in [-0.15, -0.1) is 0 Å². The van der Waals surface area contributed by atoms with Gasteiger partial charge >= 0.3 is 5.97 Å². The Balaban J connectivity index is 1.27. The molecule has 0 saturated carbocycles. The number of halogens is 1. The van der Waals surface area contributed by atoms with E-state index in [0.29, 0.717) is 35.9 Å². The molecule has 0 aliphatic carbocycles. The van der Waals surface area contributed by atoms with Gasteiger partial charge in [-0.3, -0.25) is 9.69 Å². The number of benzene rings is 2. The average molecular weight is 513 g/mol. The molecule has 0 bridgehead atoms. The number of nitrogens with zero attached hydrogens (tertiary/aromatic N) is 2. The second-order valence-corrected chi connectivity index (χ2v) is 8.58. The molecule has 1 fully saturated rings. The number of hydrogen-bond donors (Lipinski definition) is 0. The molecular weight excluding hydrogens is 488 g/mol. The Morgan fingerprint density at radius 1 is 0.970 bits per heavy atom. The van der Waals surface area contributed by atoms with Crippen LogP contribution in [0.5, 0.6) is 5.75 Å². The van der Waals surface area contributed by atoms with Gasteiger partial charge in [-0.2, -0.15) is 0 Å². The summed E-state index contributed by atoms with van der Waals surface area (Å²) in [6.07, 6.45) is 0. The third-order valence-corrected chi connectivity index (χ3v) is 6.31. The third-order valence-electron chi connectivity index (χ3n) is 5.54. The van der Waals surface area contributed by atoms with Crippen LogP contribution in [0.2, 0.25) is 0 Å². The van der Waals surface area contributed by atoms with E-state index in [1.54, 1.807) is 36.4 Å². The summed E-state index contributed by atoms with van der Waals surface area (Å²) >= 11 is 3.60. The van der Waals surface area contributed by atoms with Crippen molar-refractivity contribution in [1.82, 2.24) is 9.80 Å². The maximum absolute atomic E-state index is 12.9. The first kappa shape index (κ1) is 23.1. The van der Waals surface area contributed by atoms with Crippen LogP contribution in [-0.2, 0) is 17.9 Å². The zero-order chi connectivity index (χ0) is 23.2. The zero-order valence-corrected chi connectivity index (χ0v) is 19.9. The van der Waals surface area contributed by atoms with Gasteiger partial charge in [-0.05, 0) is 48.0 Å². The van der Waals surface area contributed by atoms with E-state index in [2.05, 4.69) is 31.6 Å². The highest BCUT2D eigenvalue weighted by molar-refractivity contribution is 9.10. The molecule has 2 aromatic carbocycles. The fraction of sp³-hybridized carbons (Fsp3) is 0.280. The number of furan rings is 1. The normalized spacial score (nSPS) is 14.2. The van der Waals surface area contributed by atoms with Gasteiger partial charge in [0.1, 0.15) is 18.1 Å². The summed E-state index contributed by atoms with van der Waals surface area (Å²) < 4.78 is 17.2. The van der Waals surface area contributed by atoms with E-state index < -0.39 is 5.97 Å². The molecule has 2 heterocycles. The minimum absolute atomic E-state index is 0.107. The molecule has 0 N–H and O–H groups in total. The third kappa shape index (κ3) is 5.83. The maximum Gasteiger partial charge on any atom is 0.337 e. The summed E-state index contributed by atoms with van der Waals surface area (Å²) in [6.45, 7) is 3.97. The van der Waals surface area contributed by atoms with Crippen LogP contribution in [-0.4, -0.2) is 55.0 Å². The van der Waals surface area contributed by atoms with Gasteiger partial charge < -0.3 is 18.8 Å². The monoisotopic (exact) mass is 512 g/mol. The Labute approximate surface area is 201 Å². The SMILES string of the molecule is COC(=O)c1ccc(OCc2ccc(C(=O)N3CCN(Cc4ccccc4Br)CC3)o2)cc1. The Kier molecular flexibility index (Phi) is 7.47. The van der Waals surface area contributed by atoms with Gasteiger partial charge in [0.15, 0.2) is 5.76 Å². The van der Waals surface area contributed by atoms with Crippen molar-refractivity contribution in [1.29, 1.82) is 0 Å². The molecule has 3 aromatic rings. The van der Waals surface area contributed by atoms with Gasteiger partial charge in [-0.25, -0.2) is 4.79 Å². The summed E-state index contributed by atoms with van der Waals surface area (Å²) in [5.41, 5.74) is 1.69. The predicted molar refractivity (Wildman–Crippen MR) is 126 cm³/mol. The highest BCUT2D eigenvalue weighted by atomic mass is 79.9. The van der Waals surface area contributed by atoms with Crippen LogP contribution in [0.1, 0.15) is 32.2 Å². The maximum atomic E-state index is 12.9. The lowest BCUT2D eigenvalue weighted by Gasteiger charge is -2.34. The van der Waals surface area contributed by atoms with Crippen molar-refractivity contribution in [3.8, 4) is 5.75 Å². The van der Waals surface area contributed by atoms with Crippen molar-refractivity contribution in [3.63, 3.8) is 0 Å². The van der Waals surface area contributed by atoms with Gasteiger partial charge in [-0.1, -0.05) is 34.1 Å². The lowest BCUT2D eigenvalue weighted by Crippen LogP contribution is -2.48. The molecule has 0 atom stereocenters. The number of carbonyl (C=O) groups is 2. The van der Waals surface area contributed by atoms with Crippen molar-refractivity contribution >= 4 is 27.8 Å². The fourth-order valence-corrected chi connectivity index (χ4v) is 4.07. The van der Waals surface area contributed by atoms with E-state index in [4.69, 9.17) is 9.15 Å². The number of piperazine rings is 1. The molecule has 0 radical (unpaired) electrons. The first-order valence-corrected chi connectivity index (χ1v) is 11.5. The molecule has 8 heteroatoms. The van der Waals surface area contributed by atoms with Gasteiger partial charge in [0, 0.05) is 37.2 Å². The van der Waals surface area contributed by atoms with Crippen LogP contribution in [0.15, 0.2) is 69.6 Å². The molecule has 33 heavy (non-hydrogen) atoms. The molecule has 0 spiro atoms. The number of hydrogen-bond acceptors (Lipinski definition) is 6. The van der Waals surface area contributed by atoms with Crippen molar-refractivity contribution in [2.75, 3.05) is 33.3 Å². The van der Waals surface area contributed by atoms with Crippen LogP contribution < -0.4 is 4.74 Å². The Morgan fingerprint density at radius 3 is 2.39 bits per heavy atom. The van der Waals surface area contributed by atoms with E-state index in [1.807, 2.05) is 23.1 Å². The van der Waals surface area contributed by atoms with Gasteiger partial charge in [0.2, 0.25) is 0 Å². The predicted octanol–water partition coefficient (Wildman–Crippen LogP) is 4.37. The van der Waals surface area contributed by atoms with Gasteiger partial charge in [0.25, 0.3) is 5.91 Å². The number of esters is 1. The molecular formula is C25H25BrN2O5. The molecule has 1 amide bonds. The molecule has 1 aliphatic heterocycles. The van der Waals surface area contributed by atoms with Crippen molar-refractivity contribution < 1.29 is 23.5 Å². The first-order valence-electron chi connectivity index (χ1n) is 10.7. The number of ether oxygens (including phenoxy) is 2. The van der Waals surface area contributed by atoms with Crippen LogP contribution in [0, 0.1) is 0 Å². The average Bonchev–Trinajstić information content (AvgIpc) is 3.33. The Bertz CT molecular complexity index is 1100. The Hall–Kier alpha value is -3.10. The summed E-state index contributed by atoms with van der Waals surface area (Å²) in [5, 5.41) is 0. The topological polar surface area (TPSA) is 72.2 Å². The molecule has 4 rings (SSSR count). The minimum Gasteiger partial charge on any atom is -0.486 e. The number of amides is 1. The number of carbonyl (C=O) groups excluding carboxylic acids is 2. The number of rotatable bonds is 7. The molecule has 0 unspecified atom stereocenters. The van der Waals surface area contributed by atoms with E-state index in [0.717, 1.165) is 24.1 Å². The van der Waals surface area contributed by atoms with Crippen LogP contribution >= 0.6 is 15.9 Å². The highest BCUT2D eigenvalue weighted by Gasteiger charge is 2.24. The van der Waals surface area contributed by atoms with Crippen molar-refractivity contribution in [2.45, 2.75) is 13.2 Å². The minimum atomic E-state index is -0.399. The summed E-state index contributed by atoms with van der Waals surface area (Å²) in [4.78, 5) is 28.5. The molecule has 1 aliphatic rings. The molecule has 1 aromatic heterocycles. The van der Waals surface area contributed by atoms with Crippen LogP contribution in [0.25, 0.3) is 0 Å². The van der Waals surface area contributed by atoms with E-state index in [1.165, 1.54) is 12.7 Å².